The Labute approximate surface area is 143 Å². The molecule has 1 aromatic heterocycles. The fraction of sp³-hybridized carbons (Fsp3) is 0.118. The number of thiazole rings is 1. The summed E-state index contributed by atoms with van der Waals surface area (Å²) < 4.78 is 11.2. The van der Waals surface area contributed by atoms with Crippen molar-refractivity contribution in [2.45, 2.75) is 0 Å². The normalized spacial score (nSPS) is 10.5. The number of hydrogen-bond acceptors (Lipinski definition) is 5. The molecule has 2 N–H and O–H groups in total. The maximum atomic E-state index is 6.03. The lowest BCUT2D eigenvalue weighted by Gasteiger charge is -2.11. The van der Waals surface area contributed by atoms with E-state index in [1.165, 1.54) is 0 Å². The average Bonchev–Trinajstić information content (AvgIpc) is 3.09. The summed E-state index contributed by atoms with van der Waals surface area (Å²) >= 11 is 7.37. The van der Waals surface area contributed by atoms with Crippen LogP contribution in [0.4, 0.5) is 5.69 Å². The second-order valence-electron chi connectivity index (χ2n) is 4.78. The van der Waals surface area contributed by atoms with Crippen LogP contribution >= 0.6 is 22.9 Å². The van der Waals surface area contributed by atoms with Gasteiger partial charge in [0.15, 0.2) is 0 Å². The summed E-state index contributed by atoms with van der Waals surface area (Å²) in [5, 5.41) is 2.66. The van der Waals surface area contributed by atoms with Crippen LogP contribution in [-0.4, -0.2) is 18.2 Å². The summed E-state index contributed by atoms with van der Waals surface area (Å²) in [5.74, 6) is 1.40. The van der Waals surface area contributed by atoms with E-state index in [0.717, 1.165) is 17.0 Å². The Bertz CT molecular complexity index is 761. The summed E-state index contributed by atoms with van der Waals surface area (Å²) in [6, 6.07) is 12.9. The van der Waals surface area contributed by atoms with Crippen molar-refractivity contribution in [1.29, 1.82) is 0 Å². The highest BCUT2D eigenvalue weighted by Gasteiger charge is 2.05. The van der Waals surface area contributed by atoms with Crippen LogP contribution in [0.25, 0.3) is 11.3 Å². The molecule has 0 atom stereocenters. The number of halogens is 1. The molecule has 3 aromatic rings. The zero-order valence-electron chi connectivity index (χ0n) is 12.2. The Kier molecular flexibility index (Phi) is 5.00. The minimum absolute atomic E-state index is 0.406. The molecule has 0 bridgehead atoms. The summed E-state index contributed by atoms with van der Waals surface area (Å²) in [5.41, 5.74) is 10.3. The fourth-order valence-electron chi connectivity index (χ4n) is 2.04. The van der Waals surface area contributed by atoms with Gasteiger partial charge in [-0.05, 0) is 42.5 Å². The smallest absolute Gasteiger partial charge is 0.142 e. The van der Waals surface area contributed by atoms with E-state index in [0.29, 0.717) is 29.7 Å². The number of anilines is 1. The van der Waals surface area contributed by atoms with Gasteiger partial charge in [0, 0.05) is 16.0 Å². The van der Waals surface area contributed by atoms with Crippen molar-refractivity contribution in [1.82, 2.24) is 4.98 Å². The zero-order valence-corrected chi connectivity index (χ0v) is 13.8. The first-order valence-electron chi connectivity index (χ1n) is 7.01. The molecule has 6 heteroatoms. The van der Waals surface area contributed by atoms with Crippen LogP contribution in [0.3, 0.4) is 0 Å². The van der Waals surface area contributed by atoms with Crippen molar-refractivity contribution < 1.29 is 9.47 Å². The van der Waals surface area contributed by atoms with E-state index in [1.54, 1.807) is 29.0 Å². The van der Waals surface area contributed by atoms with Crippen LogP contribution in [0.5, 0.6) is 11.5 Å². The topological polar surface area (TPSA) is 57.4 Å². The van der Waals surface area contributed by atoms with Gasteiger partial charge in [-0.1, -0.05) is 11.6 Å². The van der Waals surface area contributed by atoms with Crippen molar-refractivity contribution in [2.75, 3.05) is 18.9 Å². The monoisotopic (exact) mass is 346 g/mol. The van der Waals surface area contributed by atoms with Crippen molar-refractivity contribution in [3.63, 3.8) is 0 Å². The average molecular weight is 347 g/mol. The van der Waals surface area contributed by atoms with E-state index >= 15 is 0 Å². The maximum Gasteiger partial charge on any atom is 0.142 e. The fourth-order valence-corrected chi connectivity index (χ4v) is 2.72. The number of benzene rings is 2. The predicted octanol–water partition coefficient (Wildman–Crippen LogP) is 4.50. The number of nitrogens with zero attached hydrogens (tertiary/aromatic N) is 1. The standard InChI is InChI=1S/C17H15ClN2O2S/c18-13-2-4-14(5-3-13)21-7-8-22-17-6-1-12(9-15(17)19)16-10-23-11-20-16/h1-6,9-11H,7-8,19H2. The SMILES string of the molecule is Nc1cc(-c2cscn2)ccc1OCCOc1ccc(Cl)cc1. The molecule has 0 spiro atoms. The van der Waals surface area contributed by atoms with E-state index in [-0.39, 0.29) is 0 Å². The van der Waals surface area contributed by atoms with Gasteiger partial charge in [0.25, 0.3) is 0 Å². The van der Waals surface area contributed by atoms with Crippen LogP contribution in [0.2, 0.25) is 5.02 Å². The molecule has 4 nitrogen and oxygen atoms in total. The summed E-state index contributed by atoms with van der Waals surface area (Å²) in [6.07, 6.45) is 0. The minimum Gasteiger partial charge on any atom is -0.490 e. The molecule has 1 heterocycles. The Hall–Kier alpha value is -2.24. The van der Waals surface area contributed by atoms with Crippen molar-refractivity contribution in [3.8, 4) is 22.8 Å². The molecule has 0 aliphatic heterocycles. The molecule has 0 saturated heterocycles. The lowest BCUT2D eigenvalue weighted by Crippen LogP contribution is -2.09. The lowest BCUT2D eigenvalue weighted by molar-refractivity contribution is 0.218. The molecule has 0 saturated carbocycles. The first-order valence-corrected chi connectivity index (χ1v) is 8.34. The van der Waals surface area contributed by atoms with Gasteiger partial charge in [-0.2, -0.15) is 0 Å². The highest BCUT2D eigenvalue weighted by Crippen LogP contribution is 2.28. The van der Waals surface area contributed by atoms with Crippen LogP contribution in [0, 0.1) is 0 Å². The van der Waals surface area contributed by atoms with E-state index in [2.05, 4.69) is 4.98 Å². The van der Waals surface area contributed by atoms with Gasteiger partial charge in [0.2, 0.25) is 0 Å². The van der Waals surface area contributed by atoms with Gasteiger partial charge >= 0.3 is 0 Å². The molecular formula is C17H15ClN2O2S. The third-order valence-corrected chi connectivity index (χ3v) is 4.00. The van der Waals surface area contributed by atoms with Crippen LogP contribution in [-0.2, 0) is 0 Å². The Morgan fingerprint density at radius 1 is 1.04 bits per heavy atom. The van der Waals surface area contributed by atoms with Crippen LogP contribution in [0.1, 0.15) is 0 Å². The van der Waals surface area contributed by atoms with Crippen molar-refractivity contribution in [2.24, 2.45) is 0 Å². The summed E-state index contributed by atoms with van der Waals surface area (Å²) in [4.78, 5) is 4.27. The molecule has 2 aromatic carbocycles. The van der Waals surface area contributed by atoms with Gasteiger partial charge < -0.3 is 15.2 Å². The predicted molar refractivity (Wildman–Crippen MR) is 94.4 cm³/mol. The van der Waals surface area contributed by atoms with Gasteiger partial charge in [-0.25, -0.2) is 4.98 Å². The molecule has 0 unspecified atom stereocenters. The molecule has 0 radical (unpaired) electrons. The Morgan fingerprint density at radius 2 is 1.83 bits per heavy atom. The number of nitrogens with two attached hydrogens (primary N) is 1. The molecule has 3 rings (SSSR count). The number of nitrogen functional groups attached to an aromatic ring is 1. The largest absolute Gasteiger partial charge is 0.490 e. The second kappa shape index (κ2) is 7.35. The molecule has 118 valence electrons. The lowest BCUT2D eigenvalue weighted by atomic mass is 10.1. The number of ether oxygens (including phenoxy) is 2. The zero-order chi connectivity index (χ0) is 16.1. The van der Waals surface area contributed by atoms with E-state index in [9.17, 15) is 0 Å². The summed E-state index contributed by atoms with van der Waals surface area (Å²) in [6.45, 7) is 0.831. The molecule has 0 amide bonds. The van der Waals surface area contributed by atoms with Gasteiger partial charge in [-0.3, -0.25) is 0 Å². The Morgan fingerprint density at radius 3 is 2.52 bits per heavy atom. The highest BCUT2D eigenvalue weighted by atomic mass is 35.5. The summed E-state index contributed by atoms with van der Waals surface area (Å²) in [7, 11) is 0. The minimum atomic E-state index is 0.406. The van der Waals surface area contributed by atoms with Gasteiger partial charge in [-0.15, -0.1) is 11.3 Å². The second-order valence-corrected chi connectivity index (χ2v) is 5.93. The third kappa shape index (κ3) is 4.15. The van der Waals surface area contributed by atoms with Crippen LogP contribution < -0.4 is 15.2 Å². The number of hydrogen-bond donors (Lipinski definition) is 1. The molecule has 23 heavy (non-hydrogen) atoms. The maximum absolute atomic E-state index is 6.03. The van der Waals surface area contributed by atoms with Gasteiger partial charge in [0.05, 0.1) is 16.9 Å². The first kappa shape index (κ1) is 15.6. The Balaban J connectivity index is 1.53. The van der Waals surface area contributed by atoms with Crippen molar-refractivity contribution >= 4 is 28.6 Å². The molecule has 0 aliphatic rings. The molecule has 0 fully saturated rings. The van der Waals surface area contributed by atoms with Crippen LogP contribution in [0.15, 0.2) is 53.4 Å². The first-order chi connectivity index (χ1) is 11.2. The van der Waals surface area contributed by atoms with Crippen molar-refractivity contribution in [3.05, 3.63) is 58.4 Å². The third-order valence-electron chi connectivity index (χ3n) is 3.16. The quantitative estimate of drug-likeness (QED) is 0.527. The number of rotatable bonds is 6. The van der Waals surface area contributed by atoms with Gasteiger partial charge in [0.1, 0.15) is 24.7 Å². The van der Waals surface area contributed by atoms with E-state index in [1.807, 2.05) is 35.7 Å². The molecular weight excluding hydrogens is 332 g/mol. The van der Waals surface area contributed by atoms with E-state index < -0.39 is 0 Å². The number of aromatic nitrogens is 1. The highest BCUT2D eigenvalue weighted by molar-refractivity contribution is 7.07. The molecule has 0 aliphatic carbocycles. The van der Waals surface area contributed by atoms with E-state index in [4.69, 9.17) is 26.8 Å².